The van der Waals surface area contributed by atoms with Gasteiger partial charge in [-0.25, -0.2) is 0 Å². The summed E-state index contributed by atoms with van der Waals surface area (Å²) in [6, 6.07) is 35.8. The van der Waals surface area contributed by atoms with Crippen molar-refractivity contribution in [1.82, 2.24) is 0 Å². The fraction of sp³-hybridized carbons (Fsp3) is 0.0741. The zero-order chi connectivity index (χ0) is 20.1. The highest BCUT2D eigenvalue weighted by molar-refractivity contribution is 5.82. The standard InChI is InChI=1S/C27H22N2/c1-20-11-3-5-13-22(20)24-15-7-9-17-26(24)28-19-29-27-18-10-8-16-25(27)23-14-6-4-12-21(23)2/h3-18H,1-2H3. The minimum absolute atomic E-state index is 0.860. The van der Waals surface area contributed by atoms with Crippen LogP contribution in [0.2, 0.25) is 0 Å². The minimum Gasteiger partial charge on any atom is -0.187 e. The summed E-state index contributed by atoms with van der Waals surface area (Å²) in [6.07, 6.45) is 0. The van der Waals surface area contributed by atoms with E-state index in [2.05, 4.69) is 90.5 Å². The van der Waals surface area contributed by atoms with Gasteiger partial charge in [0.15, 0.2) is 0 Å². The number of hydrogen-bond donors (Lipinski definition) is 0. The molecule has 0 N–H and O–H groups in total. The van der Waals surface area contributed by atoms with Gasteiger partial charge in [-0.15, -0.1) is 0 Å². The maximum absolute atomic E-state index is 4.56. The van der Waals surface area contributed by atoms with E-state index < -0.39 is 0 Å². The van der Waals surface area contributed by atoms with Crippen LogP contribution in [0.15, 0.2) is 107 Å². The number of aliphatic imine (C=N–C) groups is 2. The quantitative estimate of drug-likeness (QED) is 0.326. The lowest BCUT2D eigenvalue weighted by atomic mass is 9.99. The van der Waals surface area contributed by atoms with Gasteiger partial charge in [0.2, 0.25) is 0 Å². The third kappa shape index (κ3) is 4.08. The Morgan fingerprint density at radius 2 is 0.793 bits per heavy atom. The number of nitrogens with zero attached hydrogens (tertiary/aromatic N) is 2. The Bertz CT molecular complexity index is 1120. The summed E-state index contributed by atoms with van der Waals surface area (Å²) >= 11 is 0. The van der Waals surface area contributed by atoms with Gasteiger partial charge in [0.1, 0.15) is 6.01 Å². The molecule has 0 amide bonds. The Morgan fingerprint density at radius 1 is 0.448 bits per heavy atom. The highest BCUT2D eigenvalue weighted by atomic mass is 14.8. The van der Waals surface area contributed by atoms with Crippen LogP contribution in [0.3, 0.4) is 0 Å². The number of rotatable bonds is 4. The molecule has 0 saturated carbocycles. The van der Waals surface area contributed by atoms with Crippen LogP contribution in [-0.4, -0.2) is 6.01 Å². The lowest BCUT2D eigenvalue weighted by Gasteiger charge is -2.08. The van der Waals surface area contributed by atoms with Crippen molar-refractivity contribution in [2.45, 2.75) is 13.8 Å². The predicted octanol–water partition coefficient (Wildman–Crippen LogP) is 7.77. The topological polar surface area (TPSA) is 24.7 Å². The van der Waals surface area contributed by atoms with E-state index in [1.165, 1.54) is 22.3 Å². The lowest BCUT2D eigenvalue weighted by molar-refractivity contribution is 1.42. The molecule has 0 heterocycles. The van der Waals surface area contributed by atoms with Gasteiger partial charge < -0.3 is 0 Å². The first-order valence-corrected chi connectivity index (χ1v) is 9.70. The van der Waals surface area contributed by atoms with E-state index in [9.17, 15) is 0 Å². The van der Waals surface area contributed by atoms with Crippen LogP contribution in [0, 0.1) is 13.8 Å². The summed E-state index contributed by atoms with van der Waals surface area (Å²) in [5.41, 5.74) is 8.68. The van der Waals surface area contributed by atoms with Crippen molar-refractivity contribution in [2.24, 2.45) is 9.98 Å². The molecule has 0 fully saturated rings. The van der Waals surface area contributed by atoms with Crippen LogP contribution in [-0.2, 0) is 0 Å². The molecule has 2 nitrogen and oxygen atoms in total. The second kappa shape index (κ2) is 8.52. The number of hydrogen-bond acceptors (Lipinski definition) is 2. The molecule has 0 aromatic heterocycles. The monoisotopic (exact) mass is 374 g/mol. The molecular formula is C27H22N2. The van der Waals surface area contributed by atoms with Gasteiger partial charge in [-0.1, -0.05) is 84.9 Å². The zero-order valence-electron chi connectivity index (χ0n) is 16.6. The van der Waals surface area contributed by atoms with Crippen LogP contribution in [0.25, 0.3) is 22.3 Å². The van der Waals surface area contributed by atoms with E-state index in [1.54, 1.807) is 0 Å². The van der Waals surface area contributed by atoms with Gasteiger partial charge in [-0.05, 0) is 48.2 Å². The Labute approximate surface area is 171 Å². The van der Waals surface area contributed by atoms with Crippen molar-refractivity contribution in [3.05, 3.63) is 108 Å². The first-order chi connectivity index (χ1) is 14.2. The Kier molecular flexibility index (Phi) is 5.47. The van der Waals surface area contributed by atoms with Crippen molar-refractivity contribution in [3.63, 3.8) is 0 Å². The minimum atomic E-state index is 0.860. The summed E-state index contributed by atoms with van der Waals surface area (Å²) in [7, 11) is 0. The van der Waals surface area contributed by atoms with Crippen LogP contribution in [0.4, 0.5) is 11.4 Å². The molecular weight excluding hydrogens is 352 g/mol. The zero-order valence-corrected chi connectivity index (χ0v) is 16.6. The van der Waals surface area contributed by atoms with E-state index in [0.717, 1.165) is 22.5 Å². The van der Waals surface area contributed by atoms with Crippen LogP contribution >= 0.6 is 0 Å². The molecule has 0 bridgehead atoms. The molecule has 0 aliphatic heterocycles. The van der Waals surface area contributed by atoms with Gasteiger partial charge in [-0.2, -0.15) is 9.98 Å². The Morgan fingerprint density at radius 3 is 1.21 bits per heavy atom. The molecule has 4 rings (SSSR count). The Balaban J connectivity index is 1.74. The third-order valence-electron chi connectivity index (χ3n) is 5.02. The van der Waals surface area contributed by atoms with E-state index >= 15 is 0 Å². The first-order valence-electron chi connectivity index (χ1n) is 9.70. The van der Waals surface area contributed by atoms with Crippen molar-refractivity contribution in [3.8, 4) is 22.3 Å². The second-order valence-corrected chi connectivity index (χ2v) is 6.99. The molecule has 2 heteroatoms. The highest BCUT2D eigenvalue weighted by Crippen LogP contribution is 2.33. The van der Waals surface area contributed by atoms with Crippen LogP contribution < -0.4 is 0 Å². The summed E-state index contributed by atoms with van der Waals surface area (Å²) in [5.74, 6) is 0. The summed E-state index contributed by atoms with van der Waals surface area (Å²) in [5, 5.41) is 0. The van der Waals surface area contributed by atoms with E-state index in [4.69, 9.17) is 0 Å². The van der Waals surface area contributed by atoms with Gasteiger partial charge in [-0.3, -0.25) is 0 Å². The fourth-order valence-electron chi connectivity index (χ4n) is 3.48. The normalized spacial score (nSPS) is 10.3. The maximum atomic E-state index is 4.56. The summed E-state index contributed by atoms with van der Waals surface area (Å²) < 4.78 is 0. The summed E-state index contributed by atoms with van der Waals surface area (Å²) in [6.45, 7) is 4.23. The van der Waals surface area contributed by atoms with Gasteiger partial charge in [0.25, 0.3) is 0 Å². The van der Waals surface area contributed by atoms with Crippen molar-refractivity contribution in [2.75, 3.05) is 0 Å². The molecule has 0 radical (unpaired) electrons. The van der Waals surface area contributed by atoms with Crippen molar-refractivity contribution >= 4 is 17.4 Å². The molecule has 29 heavy (non-hydrogen) atoms. The van der Waals surface area contributed by atoms with Crippen LogP contribution in [0.1, 0.15) is 11.1 Å². The molecule has 140 valence electrons. The average molecular weight is 374 g/mol. The molecule has 0 aliphatic rings. The fourth-order valence-corrected chi connectivity index (χ4v) is 3.48. The van der Waals surface area contributed by atoms with Crippen LogP contribution in [0.5, 0.6) is 0 Å². The van der Waals surface area contributed by atoms with E-state index in [0.29, 0.717) is 0 Å². The average Bonchev–Trinajstić information content (AvgIpc) is 2.75. The number of aryl methyl sites for hydroxylation is 2. The van der Waals surface area contributed by atoms with Gasteiger partial charge >= 0.3 is 0 Å². The molecule has 0 aliphatic carbocycles. The SMILES string of the molecule is Cc1ccccc1-c1ccccc1N=C=Nc1ccccc1-c1ccccc1C. The smallest absolute Gasteiger partial charge is 0.101 e. The van der Waals surface area contributed by atoms with Gasteiger partial charge in [0.05, 0.1) is 11.4 Å². The number of benzene rings is 4. The molecule has 0 saturated heterocycles. The maximum Gasteiger partial charge on any atom is 0.101 e. The second-order valence-electron chi connectivity index (χ2n) is 6.99. The van der Waals surface area contributed by atoms with Crippen molar-refractivity contribution in [1.29, 1.82) is 0 Å². The van der Waals surface area contributed by atoms with E-state index in [1.807, 2.05) is 36.4 Å². The molecule has 0 spiro atoms. The van der Waals surface area contributed by atoms with Gasteiger partial charge in [0, 0.05) is 11.1 Å². The molecule has 0 atom stereocenters. The van der Waals surface area contributed by atoms with Crippen molar-refractivity contribution < 1.29 is 0 Å². The molecule has 4 aromatic rings. The highest BCUT2D eigenvalue weighted by Gasteiger charge is 2.07. The predicted molar refractivity (Wildman–Crippen MR) is 122 cm³/mol. The lowest BCUT2D eigenvalue weighted by Crippen LogP contribution is -1.83. The third-order valence-corrected chi connectivity index (χ3v) is 5.02. The largest absolute Gasteiger partial charge is 0.187 e. The molecule has 4 aromatic carbocycles. The first kappa shape index (κ1) is 18.6. The Hall–Kier alpha value is -3.74. The van der Waals surface area contributed by atoms with E-state index in [-0.39, 0.29) is 0 Å². The number of para-hydroxylation sites is 2. The molecule has 0 unspecified atom stereocenters. The summed E-state index contributed by atoms with van der Waals surface area (Å²) in [4.78, 5) is 9.12.